The van der Waals surface area contributed by atoms with E-state index in [-0.39, 0.29) is 16.9 Å². The first-order valence-electron chi connectivity index (χ1n) is 15.9. The zero-order valence-electron chi connectivity index (χ0n) is 25.1. The molecule has 3 fully saturated rings. The number of rotatable bonds is 5. The number of aromatic nitrogens is 3. The van der Waals surface area contributed by atoms with Gasteiger partial charge in [0.05, 0.1) is 6.10 Å². The molecule has 218 valence electrons. The molecule has 3 aromatic rings. The Morgan fingerprint density at radius 3 is 2.31 bits per heavy atom. The second-order valence-electron chi connectivity index (χ2n) is 13.8. The molecule has 0 aliphatic heterocycles. The van der Waals surface area contributed by atoms with Crippen LogP contribution in [0.1, 0.15) is 72.1 Å². The number of nitrogens with zero attached hydrogens (tertiary/aromatic N) is 4. The van der Waals surface area contributed by atoms with E-state index in [1.54, 1.807) is 5.57 Å². The van der Waals surface area contributed by atoms with Gasteiger partial charge in [0.1, 0.15) is 11.4 Å². The summed E-state index contributed by atoms with van der Waals surface area (Å²) in [6, 6.07) is 20.3. The van der Waals surface area contributed by atoms with E-state index in [4.69, 9.17) is 10.1 Å². The van der Waals surface area contributed by atoms with Gasteiger partial charge in [0.25, 0.3) is 5.95 Å². The Bertz CT molecular complexity index is 1500. The van der Waals surface area contributed by atoms with Crippen molar-refractivity contribution in [2.24, 2.45) is 39.6 Å². The van der Waals surface area contributed by atoms with Crippen molar-refractivity contribution in [3.8, 4) is 22.5 Å². The van der Waals surface area contributed by atoms with Crippen molar-refractivity contribution in [2.45, 2.75) is 78.2 Å². The van der Waals surface area contributed by atoms with Crippen molar-refractivity contribution < 1.29 is 5.11 Å². The smallest absolute Gasteiger partial charge is 0.263 e. The fourth-order valence-electron chi connectivity index (χ4n) is 9.51. The van der Waals surface area contributed by atoms with Crippen LogP contribution in [0.25, 0.3) is 22.5 Å². The Kier molecular flexibility index (Phi) is 7.00. The summed E-state index contributed by atoms with van der Waals surface area (Å²) in [7, 11) is 0. The number of allylic oxidation sites excluding steroid dienone is 1. The van der Waals surface area contributed by atoms with Gasteiger partial charge in [-0.15, -0.1) is 10.2 Å². The summed E-state index contributed by atoms with van der Waals surface area (Å²) in [5, 5.41) is 24.3. The van der Waals surface area contributed by atoms with E-state index in [2.05, 4.69) is 54.6 Å². The number of fused-ring (bicyclic) bond motifs is 5. The standard InChI is InChI=1S/C36H43N5O/c1-23(38-40-34-37-32(24-10-6-4-7-11-24)33(39-41-34)25-12-8-5-9-13-25)29-16-17-30-28-15-14-26-22-27(42)18-20-35(26,2)31(28)19-21-36(29,30)3/h4-14,27-31,42H,15-22H2,1-3H3,(H,37,40,41)/b38-23-/t27-,28?,29+,30-,31?,35-,36+/m0/s1. The highest BCUT2D eigenvalue weighted by Crippen LogP contribution is 2.66. The number of hydrogen-bond donors (Lipinski definition) is 2. The van der Waals surface area contributed by atoms with E-state index in [0.29, 0.717) is 11.9 Å². The van der Waals surface area contributed by atoms with Crippen LogP contribution in [0.2, 0.25) is 0 Å². The fourth-order valence-corrected chi connectivity index (χ4v) is 9.51. The first-order valence-corrected chi connectivity index (χ1v) is 15.9. The average Bonchev–Trinajstić information content (AvgIpc) is 3.38. The predicted octanol–water partition coefficient (Wildman–Crippen LogP) is 7.93. The molecule has 6 nitrogen and oxygen atoms in total. The monoisotopic (exact) mass is 561 g/mol. The molecule has 0 saturated heterocycles. The Hall–Kier alpha value is -3.38. The van der Waals surface area contributed by atoms with Crippen LogP contribution in [0, 0.1) is 34.5 Å². The van der Waals surface area contributed by atoms with Crippen LogP contribution >= 0.6 is 0 Å². The van der Waals surface area contributed by atoms with E-state index in [1.165, 1.54) is 32.1 Å². The molecule has 0 amide bonds. The average molecular weight is 562 g/mol. The van der Waals surface area contributed by atoms with Crippen molar-refractivity contribution in [1.29, 1.82) is 0 Å². The van der Waals surface area contributed by atoms with Gasteiger partial charge in [-0.3, -0.25) is 0 Å². The lowest BCUT2D eigenvalue weighted by Crippen LogP contribution is -2.50. The minimum Gasteiger partial charge on any atom is -0.393 e. The van der Waals surface area contributed by atoms with E-state index >= 15 is 0 Å². The summed E-state index contributed by atoms with van der Waals surface area (Å²) >= 11 is 0. The van der Waals surface area contributed by atoms with Gasteiger partial charge in [0.2, 0.25) is 0 Å². The van der Waals surface area contributed by atoms with Crippen LogP contribution in [0.5, 0.6) is 0 Å². The zero-order valence-corrected chi connectivity index (χ0v) is 25.1. The Morgan fingerprint density at radius 1 is 0.857 bits per heavy atom. The van der Waals surface area contributed by atoms with Crippen LogP contribution < -0.4 is 5.43 Å². The number of benzene rings is 2. The molecule has 1 aromatic heterocycles. The van der Waals surface area contributed by atoms with Gasteiger partial charge in [-0.05, 0) is 86.9 Å². The Labute approximate surface area is 249 Å². The number of aliphatic hydroxyl groups excluding tert-OH is 1. The highest BCUT2D eigenvalue weighted by Gasteiger charge is 2.59. The molecule has 4 aliphatic rings. The SMILES string of the molecule is C/C(=N/Nc1nnc(-c2ccccc2)c(-c2ccccc2)n1)[C@H]1CC[C@H]2C3CC=C4C[C@@H](O)CC[C@]4(C)C3CC[C@]12C. The first kappa shape index (κ1) is 27.5. The summed E-state index contributed by atoms with van der Waals surface area (Å²) in [5.74, 6) is 3.09. The molecule has 7 atom stereocenters. The maximum atomic E-state index is 10.3. The maximum absolute atomic E-state index is 10.3. The minimum absolute atomic E-state index is 0.144. The third kappa shape index (κ3) is 4.59. The van der Waals surface area contributed by atoms with Crippen LogP contribution in [0.4, 0.5) is 5.95 Å². The molecule has 3 saturated carbocycles. The Morgan fingerprint density at radius 2 is 1.57 bits per heavy atom. The summed E-state index contributed by atoms with van der Waals surface area (Å²) in [4.78, 5) is 4.91. The molecule has 0 spiro atoms. The van der Waals surface area contributed by atoms with Crippen molar-refractivity contribution in [3.05, 3.63) is 72.3 Å². The molecule has 6 heteroatoms. The normalized spacial score (nSPS) is 34.1. The molecular formula is C36H43N5O. The number of hydrogen-bond acceptors (Lipinski definition) is 6. The van der Waals surface area contributed by atoms with Gasteiger partial charge in [-0.25, -0.2) is 10.4 Å². The van der Waals surface area contributed by atoms with E-state index < -0.39 is 0 Å². The third-order valence-corrected chi connectivity index (χ3v) is 11.7. The molecular weight excluding hydrogens is 518 g/mol. The zero-order chi connectivity index (χ0) is 28.9. The number of aliphatic hydroxyl groups is 1. The van der Waals surface area contributed by atoms with Crippen LogP contribution in [0.3, 0.4) is 0 Å². The second kappa shape index (κ2) is 10.7. The lowest BCUT2D eigenvalue weighted by Gasteiger charge is -2.58. The maximum Gasteiger partial charge on any atom is 0.263 e. The number of hydrazone groups is 1. The molecule has 42 heavy (non-hydrogen) atoms. The minimum atomic E-state index is -0.144. The van der Waals surface area contributed by atoms with Crippen molar-refractivity contribution in [2.75, 3.05) is 5.43 Å². The van der Waals surface area contributed by atoms with Crippen molar-refractivity contribution >= 4 is 11.7 Å². The van der Waals surface area contributed by atoms with E-state index in [9.17, 15) is 5.11 Å². The molecule has 7 rings (SSSR count). The van der Waals surface area contributed by atoms with Gasteiger partial charge in [0.15, 0.2) is 0 Å². The molecule has 2 aromatic carbocycles. The number of nitrogens with one attached hydrogen (secondary N) is 1. The van der Waals surface area contributed by atoms with Crippen LogP contribution in [0.15, 0.2) is 77.4 Å². The second-order valence-corrected chi connectivity index (χ2v) is 13.8. The summed E-state index contributed by atoms with van der Waals surface area (Å²) in [5.41, 5.74) is 9.99. The van der Waals surface area contributed by atoms with Crippen molar-refractivity contribution in [1.82, 2.24) is 15.2 Å². The molecule has 0 radical (unpaired) electrons. The molecule has 1 heterocycles. The van der Waals surface area contributed by atoms with E-state index in [1.807, 2.05) is 48.5 Å². The largest absolute Gasteiger partial charge is 0.393 e. The topological polar surface area (TPSA) is 83.3 Å². The predicted molar refractivity (Wildman–Crippen MR) is 169 cm³/mol. The van der Waals surface area contributed by atoms with Crippen LogP contribution in [-0.4, -0.2) is 32.1 Å². The third-order valence-electron chi connectivity index (χ3n) is 11.7. The van der Waals surface area contributed by atoms with E-state index in [0.717, 1.165) is 65.2 Å². The molecule has 0 bridgehead atoms. The molecule has 4 aliphatic carbocycles. The summed E-state index contributed by atoms with van der Waals surface area (Å²) in [6.07, 6.45) is 11.5. The summed E-state index contributed by atoms with van der Waals surface area (Å²) in [6.45, 7) is 7.23. The Balaban J connectivity index is 1.12. The lowest BCUT2D eigenvalue weighted by molar-refractivity contribution is -0.0423. The summed E-state index contributed by atoms with van der Waals surface area (Å²) < 4.78 is 0. The van der Waals surface area contributed by atoms with Gasteiger partial charge in [-0.2, -0.15) is 5.10 Å². The fraction of sp³-hybridized carbons (Fsp3) is 0.500. The van der Waals surface area contributed by atoms with Crippen LogP contribution in [-0.2, 0) is 0 Å². The quantitative estimate of drug-likeness (QED) is 0.188. The molecule has 2 N–H and O–H groups in total. The van der Waals surface area contributed by atoms with Gasteiger partial charge in [-0.1, -0.05) is 86.2 Å². The molecule has 2 unspecified atom stereocenters. The highest BCUT2D eigenvalue weighted by atomic mass is 16.3. The highest BCUT2D eigenvalue weighted by molar-refractivity contribution is 5.86. The van der Waals surface area contributed by atoms with Crippen molar-refractivity contribution in [3.63, 3.8) is 0 Å². The van der Waals surface area contributed by atoms with Gasteiger partial charge < -0.3 is 5.11 Å². The first-order chi connectivity index (χ1) is 20.4. The van der Waals surface area contributed by atoms with Gasteiger partial charge in [0, 0.05) is 22.8 Å². The lowest BCUT2D eigenvalue weighted by atomic mass is 9.47. The number of anilines is 1. The van der Waals surface area contributed by atoms with Gasteiger partial charge >= 0.3 is 0 Å².